The van der Waals surface area contributed by atoms with Gasteiger partial charge in [-0.05, 0) is 87.5 Å². The van der Waals surface area contributed by atoms with Crippen molar-refractivity contribution in [3.8, 4) is 0 Å². The molecule has 9 heteroatoms. The Kier molecular flexibility index (Phi) is 9.32. The molecule has 1 aliphatic rings. The quantitative estimate of drug-likeness (QED) is 0.201. The molecule has 1 N–H and O–H groups in total. The Hall–Kier alpha value is -3.95. The first kappa shape index (κ1) is 30.5. The lowest BCUT2D eigenvalue weighted by Gasteiger charge is -2.37. The van der Waals surface area contributed by atoms with E-state index in [1.807, 2.05) is 45.0 Å². The van der Waals surface area contributed by atoms with E-state index in [0.717, 1.165) is 48.6 Å². The van der Waals surface area contributed by atoms with Gasteiger partial charge in [0, 0.05) is 60.8 Å². The molecule has 0 atom stereocenters. The Balaban J connectivity index is 1.30. The predicted molar refractivity (Wildman–Crippen MR) is 171 cm³/mol. The van der Waals surface area contributed by atoms with Gasteiger partial charge in [-0.15, -0.1) is 0 Å². The zero-order valence-corrected chi connectivity index (χ0v) is 26.0. The molecule has 1 fully saturated rings. The van der Waals surface area contributed by atoms with Gasteiger partial charge in [0.25, 0.3) is 0 Å². The molecule has 0 unspecified atom stereocenters. The highest BCUT2D eigenvalue weighted by atomic mass is 32.2. The number of piperazine rings is 1. The summed E-state index contributed by atoms with van der Waals surface area (Å²) >= 11 is 1.67. The number of amides is 1. The van der Waals surface area contributed by atoms with E-state index in [9.17, 15) is 14.7 Å². The summed E-state index contributed by atoms with van der Waals surface area (Å²) in [5, 5.41) is 10.3. The number of furan rings is 1. The summed E-state index contributed by atoms with van der Waals surface area (Å²) in [6.07, 6.45) is 0.644. The van der Waals surface area contributed by atoms with Crippen LogP contribution in [0.15, 0.2) is 82.1 Å². The van der Waals surface area contributed by atoms with Gasteiger partial charge in [0.05, 0.1) is 0 Å². The van der Waals surface area contributed by atoms with E-state index in [-0.39, 0.29) is 11.9 Å². The summed E-state index contributed by atoms with van der Waals surface area (Å²) in [5.41, 5.74) is 4.33. The summed E-state index contributed by atoms with van der Waals surface area (Å²) in [5.74, 6) is -1.07. The monoisotopic (exact) mass is 601 g/mol. The van der Waals surface area contributed by atoms with Crippen molar-refractivity contribution in [1.29, 1.82) is 0 Å². The Morgan fingerprint density at radius 3 is 2.37 bits per heavy atom. The minimum absolute atomic E-state index is 0.0122. The lowest BCUT2D eigenvalue weighted by molar-refractivity contribution is 0.0240. The van der Waals surface area contributed by atoms with Gasteiger partial charge in [-0.3, -0.25) is 0 Å². The number of hydrogen-bond donors (Lipinski definition) is 1. The van der Waals surface area contributed by atoms with Crippen molar-refractivity contribution < 1.29 is 23.8 Å². The molecule has 1 aliphatic heterocycles. The van der Waals surface area contributed by atoms with Crippen molar-refractivity contribution in [1.82, 2.24) is 9.21 Å². The maximum Gasteiger partial charge on any atom is 0.410 e. The molecule has 1 saturated heterocycles. The summed E-state index contributed by atoms with van der Waals surface area (Å²) in [6, 6.07) is 24.9. The third-order valence-electron chi connectivity index (χ3n) is 7.40. The van der Waals surface area contributed by atoms with E-state index in [1.165, 1.54) is 11.1 Å². The highest BCUT2D eigenvalue weighted by Crippen LogP contribution is 2.32. The van der Waals surface area contributed by atoms with Crippen LogP contribution >= 0.6 is 11.9 Å². The Morgan fingerprint density at radius 2 is 1.67 bits per heavy atom. The summed E-state index contributed by atoms with van der Waals surface area (Å²) in [7, 11) is 0. The second-order valence-electron chi connectivity index (χ2n) is 11.8. The van der Waals surface area contributed by atoms with E-state index >= 15 is 0 Å². The number of carboxylic acid groups (broad SMARTS) is 1. The number of fused-ring (bicyclic) bond motifs is 1. The van der Waals surface area contributed by atoms with Crippen LogP contribution in [0.5, 0.6) is 0 Å². The van der Waals surface area contributed by atoms with E-state index in [1.54, 1.807) is 23.8 Å². The minimum atomic E-state index is -1.06. The van der Waals surface area contributed by atoms with Gasteiger partial charge >= 0.3 is 12.1 Å². The first-order chi connectivity index (χ1) is 20.6. The van der Waals surface area contributed by atoms with Gasteiger partial charge in [-0.25, -0.2) is 13.9 Å². The van der Waals surface area contributed by atoms with Crippen LogP contribution in [0, 0.1) is 6.92 Å². The number of nitrogens with zero attached hydrogens (tertiary/aromatic N) is 3. The topological polar surface area (TPSA) is 86.5 Å². The number of benzene rings is 3. The molecule has 3 aromatic carbocycles. The molecule has 0 spiro atoms. The third kappa shape index (κ3) is 7.91. The fraction of sp³-hybridized carbons (Fsp3) is 0.353. The zero-order chi connectivity index (χ0) is 30.6. The van der Waals surface area contributed by atoms with Crippen LogP contribution in [-0.4, -0.2) is 64.7 Å². The smallest absolute Gasteiger partial charge is 0.410 e. The maximum atomic E-state index is 12.5. The van der Waals surface area contributed by atoms with Gasteiger partial charge in [-0.1, -0.05) is 42.5 Å². The Morgan fingerprint density at radius 1 is 0.953 bits per heavy atom. The summed E-state index contributed by atoms with van der Waals surface area (Å²) in [4.78, 5) is 29.2. The zero-order valence-electron chi connectivity index (χ0n) is 25.2. The molecular weight excluding hydrogens is 562 g/mol. The van der Waals surface area contributed by atoms with E-state index < -0.39 is 11.6 Å². The van der Waals surface area contributed by atoms with Crippen LogP contribution in [0.1, 0.15) is 48.0 Å². The molecule has 43 heavy (non-hydrogen) atoms. The van der Waals surface area contributed by atoms with Crippen LogP contribution in [0.25, 0.3) is 11.0 Å². The van der Waals surface area contributed by atoms with Crippen molar-refractivity contribution in [3.63, 3.8) is 0 Å². The fourth-order valence-electron chi connectivity index (χ4n) is 5.19. The normalized spacial score (nSPS) is 14.0. The molecule has 0 bridgehead atoms. The highest BCUT2D eigenvalue weighted by Gasteiger charge is 2.26. The van der Waals surface area contributed by atoms with Gasteiger partial charge in [-0.2, -0.15) is 0 Å². The Labute approximate surface area is 257 Å². The van der Waals surface area contributed by atoms with Crippen molar-refractivity contribution >= 4 is 40.7 Å². The molecule has 1 amide bonds. The molecule has 226 valence electrons. The second-order valence-corrected chi connectivity index (χ2v) is 13.0. The van der Waals surface area contributed by atoms with Crippen LogP contribution < -0.4 is 4.90 Å². The maximum absolute atomic E-state index is 12.5. The SMILES string of the molecule is Cc1c(C(=O)O)oc2ccc(SN(CCc3ccccc3)Cc3cccc(N4CCN(C(=O)OC(C)(C)C)CC4)c3)cc12. The van der Waals surface area contributed by atoms with Crippen LogP contribution in [0.2, 0.25) is 0 Å². The number of carboxylic acids is 1. The largest absolute Gasteiger partial charge is 0.475 e. The summed E-state index contributed by atoms with van der Waals surface area (Å²) in [6.45, 7) is 11.8. The number of ether oxygens (including phenoxy) is 1. The number of hydrogen-bond acceptors (Lipinski definition) is 7. The second kappa shape index (κ2) is 13.1. The molecule has 1 aromatic heterocycles. The number of rotatable bonds is 9. The van der Waals surface area contributed by atoms with Gasteiger partial charge in [0.15, 0.2) is 0 Å². The van der Waals surface area contributed by atoms with Crippen LogP contribution in [0.4, 0.5) is 10.5 Å². The lowest BCUT2D eigenvalue weighted by Crippen LogP contribution is -2.50. The molecular formula is C34H39N3O5S. The Bertz CT molecular complexity index is 1570. The molecule has 8 nitrogen and oxygen atoms in total. The first-order valence-electron chi connectivity index (χ1n) is 14.6. The molecule has 0 aliphatic carbocycles. The fourth-order valence-corrected chi connectivity index (χ4v) is 6.19. The van der Waals surface area contributed by atoms with Crippen molar-refractivity contribution in [2.75, 3.05) is 37.6 Å². The third-order valence-corrected chi connectivity index (χ3v) is 8.43. The highest BCUT2D eigenvalue weighted by molar-refractivity contribution is 7.97. The number of carbonyl (C=O) groups excluding carboxylic acids is 1. The molecule has 0 radical (unpaired) electrons. The predicted octanol–water partition coefficient (Wildman–Crippen LogP) is 7.25. The average molecular weight is 602 g/mol. The minimum Gasteiger partial charge on any atom is -0.475 e. The van der Waals surface area contributed by atoms with Gasteiger partial charge < -0.3 is 24.1 Å². The molecule has 5 rings (SSSR count). The average Bonchev–Trinajstić information content (AvgIpc) is 3.32. The summed E-state index contributed by atoms with van der Waals surface area (Å²) < 4.78 is 13.5. The number of aromatic carboxylic acids is 1. The molecule has 2 heterocycles. The van der Waals surface area contributed by atoms with E-state index in [2.05, 4.69) is 57.7 Å². The van der Waals surface area contributed by atoms with Crippen molar-refractivity contribution in [2.24, 2.45) is 0 Å². The van der Waals surface area contributed by atoms with Gasteiger partial charge in [0.1, 0.15) is 11.2 Å². The molecule has 0 saturated carbocycles. The van der Waals surface area contributed by atoms with Gasteiger partial charge in [0.2, 0.25) is 5.76 Å². The first-order valence-corrected chi connectivity index (χ1v) is 15.4. The van der Waals surface area contributed by atoms with Crippen LogP contribution in [-0.2, 0) is 17.7 Å². The van der Waals surface area contributed by atoms with E-state index in [0.29, 0.717) is 24.2 Å². The number of carbonyl (C=O) groups is 2. The van der Waals surface area contributed by atoms with E-state index in [4.69, 9.17) is 9.15 Å². The van der Waals surface area contributed by atoms with Crippen molar-refractivity contribution in [2.45, 2.75) is 51.2 Å². The number of anilines is 1. The van der Waals surface area contributed by atoms with Crippen LogP contribution in [0.3, 0.4) is 0 Å². The number of aryl methyl sites for hydroxylation is 1. The lowest BCUT2D eigenvalue weighted by atomic mass is 10.1. The molecule has 4 aromatic rings. The van der Waals surface area contributed by atoms with Crippen molar-refractivity contribution in [3.05, 3.63) is 95.2 Å². The standard InChI is InChI=1S/C34H39N3O5S/c1-24-29-22-28(13-14-30(29)41-31(24)32(38)39)43-37(16-15-25-9-6-5-7-10-25)23-26-11-8-12-27(21-26)35-17-19-36(20-18-35)33(40)42-34(2,3)4/h5-14,21-22H,15-20,23H2,1-4H3,(H,38,39).